The van der Waals surface area contributed by atoms with Crippen LogP contribution in [0.25, 0.3) is 10.6 Å². The van der Waals surface area contributed by atoms with E-state index in [0.717, 1.165) is 16.1 Å². The van der Waals surface area contributed by atoms with Crippen LogP contribution >= 0.6 is 11.3 Å². The summed E-state index contributed by atoms with van der Waals surface area (Å²) in [6, 6.07) is 17.5. The molecule has 36 heavy (non-hydrogen) atoms. The second-order valence-electron chi connectivity index (χ2n) is 7.61. The lowest BCUT2D eigenvalue weighted by Gasteiger charge is -2.19. The molecule has 0 radical (unpaired) electrons. The smallest absolute Gasteiger partial charge is 0.325 e. The Labute approximate surface area is 213 Å². The van der Waals surface area contributed by atoms with Crippen molar-refractivity contribution < 1.29 is 17.9 Å². The lowest BCUT2D eigenvalue weighted by molar-refractivity contribution is -0.140. The van der Waals surface area contributed by atoms with Crippen molar-refractivity contribution in [3.63, 3.8) is 0 Å². The molecule has 0 aliphatic carbocycles. The van der Waals surface area contributed by atoms with E-state index in [2.05, 4.69) is 25.6 Å². The molecule has 0 bridgehead atoms. The van der Waals surface area contributed by atoms with Gasteiger partial charge in [0, 0.05) is 29.9 Å². The number of thiazole rings is 1. The van der Waals surface area contributed by atoms with Gasteiger partial charge in [-0.2, -0.15) is 0 Å². The molecule has 0 aliphatic heterocycles. The number of benzene rings is 1. The molecular weight excluding hydrogens is 498 g/mol. The van der Waals surface area contributed by atoms with Gasteiger partial charge in [0.1, 0.15) is 17.4 Å². The summed E-state index contributed by atoms with van der Waals surface area (Å²) in [7, 11) is -3.94. The van der Waals surface area contributed by atoms with Gasteiger partial charge in [0.2, 0.25) is 9.84 Å². The maximum absolute atomic E-state index is 13.6. The minimum atomic E-state index is -3.94. The number of anilines is 1. The summed E-state index contributed by atoms with van der Waals surface area (Å²) in [4.78, 5) is 24.5. The molecule has 0 fully saturated rings. The van der Waals surface area contributed by atoms with Crippen molar-refractivity contribution in [3.05, 3.63) is 89.7 Å². The fraction of sp³-hybridized carbons (Fsp3) is 0.200. The van der Waals surface area contributed by atoms with Crippen LogP contribution in [0.1, 0.15) is 23.6 Å². The molecule has 9 nitrogen and oxygen atoms in total. The summed E-state index contributed by atoms with van der Waals surface area (Å²) in [5.41, 5.74) is 2.16. The zero-order valence-corrected chi connectivity index (χ0v) is 21.1. The molecule has 186 valence electrons. The third kappa shape index (κ3) is 6.30. The number of esters is 1. The minimum absolute atomic E-state index is 0.0618. The Bertz CT molecular complexity index is 1380. The number of sulfone groups is 1. The molecule has 0 saturated heterocycles. The normalized spacial score (nSPS) is 12.1. The number of pyridine rings is 2. The molecule has 0 amide bonds. The van der Waals surface area contributed by atoms with E-state index in [-0.39, 0.29) is 30.4 Å². The Hall–Kier alpha value is -3.67. The lowest BCUT2D eigenvalue weighted by atomic mass is 10.1. The van der Waals surface area contributed by atoms with E-state index in [1.807, 2.05) is 29.6 Å². The van der Waals surface area contributed by atoms with Crippen molar-refractivity contribution in [1.29, 1.82) is 0 Å². The Morgan fingerprint density at radius 2 is 1.86 bits per heavy atom. The predicted octanol–water partition coefficient (Wildman–Crippen LogP) is 3.84. The zero-order valence-electron chi connectivity index (χ0n) is 19.5. The minimum Gasteiger partial charge on any atom is -0.465 e. The highest BCUT2D eigenvalue weighted by Crippen LogP contribution is 2.26. The molecule has 1 unspecified atom stereocenters. The number of carbonyl (C=O) groups excluding carboxylic acids is 1. The van der Waals surface area contributed by atoms with Crippen LogP contribution in [0.5, 0.6) is 0 Å². The molecule has 4 aromatic rings. The van der Waals surface area contributed by atoms with Crippen LogP contribution in [0.3, 0.4) is 0 Å². The molecular formula is C25H25N5O4S2. The van der Waals surface area contributed by atoms with Gasteiger partial charge in [-0.05, 0) is 36.8 Å². The van der Waals surface area contributed by atoms with Crippen molar-refractivity contribution >= 4 is 33.0 Å². The fourth-order valence-corrected chi connectivity index (χ4v) is 5.54. The molecule has 11 heteroatoms. The largest absolute Gasteiger partial charge is 0.465 e. The Morgan fingerprint density at radius 1 is 1.03 bits per heavy atom. The first-order valence-electron chi connectivity index (χ1n) is 11.2. The van der Waals surface area contributed by atoms with Gasteiger partial charge in [-0.25, -0.2) is 23.4 Å². The van der Waals surface area contributed by atoms with Crippen molar-refractivity contribution in [2.75, 3.05) is 18.5 Å². The molecule has 1 atom stereocenters. The number of ether oxygens (including phenoxy) is 1. The van der Waals surface area contributed by atoms with Gasteiger partial charge < -0.3 is 10.1 Å². The highest BCUT2D eigenvalue weighted by molar-refractivity contribution is 7.91. The molecule has 1 aromatic carbocycles. The van der Waals surface area contributed by atoms with Crippen LogP contribution < -0.4 is 10.6 Å². The van der Waals surface area contributed by atoms with Crippen LogP contribution in [0, 0.1) is 0 Å². The maximum atomic E-state index is 13.6. The topological polar surface area (TPSA) is 123 Å². The van der Waals surface area contributed by atoms with E-state index in [4.69, 9.17) is 4.74 Å². The van der Waals surface area contributed by atoms with Crippen LogP contribution in [0.2, 0.25) is 0 Å². The molecule has 2 N–H and O–H groups in total. The molecule has 3 heterocycles. The third-order valence-corrected chi connectivity index (χ3v) is 7.80. The molecule has 3 aromatic heterocycles. The van der Waals surface area contributed by atoms with E-state index < -0.39 is 21.2 Å². The van der Waals surface area contributed by atoms with Gasteiger partial charge in [-0.1, -0.05) is 36.4 Å². The number of nitrogens with zero attached hydrogens (tertiary/aromatic N) is 3. The van der Waals surface area contributed by atoms with E-state index in [9.17, 15) is 13.2 Å². The number of aromatic nitrogens is 3. The molecule has 0 aliphatic rings. The van der Waals surface area contributed by atoms with Crippen molar-refractivity contribution in [2.24, 2.45) is 0 Å². The van der Waals surface area contributed by atoms with Crippen molar-refractivity contribution in [2.45, 2.75) is 23.9 Å². The molecule has 0 saturated carbocycles. The standard InChI is InChI=1S/C25H25N5O4S2/c1-2-34-23(31)17-28-21-7-5-6-20(30-21)25(36(32,33)22-8-3-4-13-26-22)29-16-18-9-11-19(12-10-18)24-27-14-15-35-24/h3-15,25,29H,2,16-17H2,1H3,(H,28,30). The van der Waals surface area contributed by atoms with Gasteiger partial charge in [0.15, 0.2) is 10.4 Å². The van der Waals surface area contributed by atoms with Gasteiger partial charge in [-0.3, -0.25) is 10.1 Å². The summed E-state index contributed by atoms with van der Waals surface area (Å²) in [6.45, 7) is 2.19. The van der Waals surface area contributed by atoms with E-state index in [1.54, 1.807) is 54.8 Å². The van der Waals surface area contributed by atoms with Crippen LogP contribution in [-0.2, 0) is 25.9 Å². The lowest BCUT2D eigenvalue weighted by Crippen LogP contribution is -2.30. The SMILES string of the molecule is CCOC(=O)CNc1cccc(C(NCc2ccc(-c3nccs3)cc2)S(=O)(=O)c2ccccn2)n1. The van der Waals surface area contributed by atoms with Gasteiger partial charge in [0.25, 0.3) is 0 Å². The molecule has 0 spiro atoms. The summed E-state index contributed by atoms with van der Waals surface area (Å²) in [5, 5.41) is 7.62. The van der Waals surface area contributed by atoms with Crippen LogP contribution in [0.15, 0.2) is 83.5 Å². The number of nitrogens with one attached hydrogen (secondary N) is 2. The first-order valence-corrected chi connectivity index (χ1v) is 13.6. The highest BCUT2D eigenvalue weighted by atomic mass is 32.2. The number of hydrogen-bond donors (Lipinski definition) is 2. The zero-order chi connectivity index (χ0) is 25.4. The monoisotopic (exact) mass is 523 g/mol. The Morgan fingerprint density at radius 3 is 2.56 bits per heavy atom. The summed E-state index contributed by atoms with van der Waals surface area (Å²) >= 11 is 1.55. The van der Waals surface area contributed by atoms with Crippen LogP contribution in [-0.4, -0.2) is 42.5 Å². The van der Waals surface area contributed by atoms with Gasteiger partial charge in [0.05, 0.1) is 12.3 Å². The fourth-order valence-electron chi connectivity index (χ4n) is 3.42. The summed E-state index contributed by atoms with van der Waals surface area (Å²) in [5.74, 6) is -0.0712. The number of carbonyl (C=O) groups is 1. The van der Waals surface area contributed by atoms with E-state index in [1.165, 1.54) is 12.3 Å². The second-order valence-corrected chi connectivity index (χ2v) is 10.5. The third-order valence-electron chi connectivity index (χ3n) is 5.12. The van der Waals surface area contributed by atoms with Crippen molar-refractivity contribution in [1.82, 2.24) is 20.3 Å². The van der Waals surface area contributed by atoms with E-state index >= 15 is 0 Å². The summed E-state index contributed by atoms with van der Waals surface area (Å²) < 4.78 is 32.0. The number of hydrogen-bond acceptors (Lipinski definition) is 10. The maximum Gasteiger partial charge on any atom is 0.325 e. The van der Waals surface area contributed by atoms with Crippen molar-refractivity contribution in [3.8, 4) is 10.6 Å². The Balaban J connectivity index is 1.58. The number of rotatable bonds is 11. The Kier molecular flexibility index (Phi) is 8.36. The van der Waals surface area contributed by atoms with Gasteiger partial charge >= 0.3 is 5.97 Å². The predicted molar refractivity (Wildman–Crippen MR) is 138 cm³/mol. The quantitative estimate of drug-likeness (QED) is 0.282. The first-order chi connectivity index (χ1) is 17.5. The average molecular weight is 524 g/mol. The van der Waals surface area contributed by atoms with Gasteiger partial charge in [-0.15, -0.1) is 11.3 Å². The second kappa shape index (κ2) is 11.8. The average Bonchev–Trinajstić information content (AvgIpc) is 3.44. The molecule has 4 rings (SSSR count). The van der Waals surface area contributed by atoms with E-state index in [0.29, 0.717) is 5.82 Å². The van der Waals surface area contributed by atoms with Crippen LogP contribution in [0.4, 0.5) is 5.82 Å². The highest BCUT2D eigenvalue weighted by Gasteiger charge is 2.31. The summed E-state index contributed by atoms with van der Waals surface area (Å²) in [6.07, 6.45) is 3.19. The first kappa shape index (κ1) is 25.4.